The van der Waals surface area contributed by atoms with E-state index in [2.05, 4.69) is 10.6 Å². The molecular weight excluding hydrogens is 449 g/mol. The maximum Gasteiger partial charge on any atom is 0.490 e. The van der Waals surface area contributed by atoms with Crippen LogP contribution < -0.4 is 16.4 Å². The summed E-state index contributed by atoms with van der Waals surface area (Å²) in [6.07, 6.45) is -5.08. The highest BCUT2D eigenvalue weighted by Crippen LogP contribution is 2.25. The second-order valence-corrected chi connectivity index (χ2v) is 7.32. The maximum absolute atomic E-state index is 12.1. The zero-order chi connectivity index (χ0) is 24.3. The van der Waals surface area contributed by atoms with Crippen molar-refractivity contribution in [2.45, 2.75) is 18.3 Å². The number of hydrogen-bond donors (Lipinski definition) is 4. The molecule has 0 saturated carbocycles. The second kappa shape index (κ2) is 12.9. The molecule has 2 rings (SSSR count). The molecular formula is C21H26ClF3N4O3. The number of likely N-dealkylation sites (N-methyl/N-ethyl adjacent to an activating group) is 1. The molecule has 2 amide bonds. The molecule has 5 N–H and O–H groups in total. The van der Waals surface area contributed by atoms with Gasteiger partial charge in [-0.15, -0.1) is 0 Å². The van der Waals surface area contributed by atoms with Gasteiger partial charge in [-0.05, 0) is 31.3 Å². The fourth-order valence-electron chi connectivity index (χ4n) is 2.59. The first kappa shape index (κ1) is 27.2. The highest BCUT2D eigenvalue weighted by Gasteiger charge is 2.38. The molecule has 2 atom stereocenters. The predicted octanol–water partition coefficient (Wildman–Crippen LogP) is 3.58. The highest BCUT2D eigenvalue weighted by atomic mass is 35.5. The summed E-state index contributed by atoms with van der Waals surface area (Å²) in [6, 6.07) is 16.9. The summed E-state index contributed by atoms with van der Waals surface area (Å²) in [5, 5.41) is 13.5. The zero-order valence-corrected chi connectivity index (χ0v) is 18.3. The summed E-state index contributed by atoms with van der Waals surface area (Å²) < 4.78 is 31.7. The van der Waals surface area contributed by atoms with Crippen molar-refractivity contribution in [2.75, 3.05) is 27.2 Å². The molecule has 2 aromatic rings. The van der Waals surface area contributed by atoms with Gasteiger partial charge in [0.25, 0.3) is 0 Å². The van der Waals surface area contributed by atoms with Gasteiger partial charge >= 0.3 is 18.2 Å². The van der Waals surface area contributed by atoms with Gasteiger partial charge in [-0.2, -0.15) is 13.2 Å². The number of aliphatic carboxylic acids is 1. The van der Waals surface area contributed by atoms with Crippen LogP contribution in [-0.2, 0) is 4.79 Å². The van der Waals surface area contributed by atoms with Gasteiger partial charge in [0.2, 0.25) is 0 Å². The van der Waals surface area contributed by atoms with Crippen molar-refractivity contribution < 1.29 is 27.9 Å². The zero-order valence-electron chi connectivity index (χ0n) is 17.6. The minimum absolute atomic E-state index is 0.0118. The Labute approximate surface area is 189 Å². The molecule has 0 aliphatic heterocycles. The molecule has 0 bridgehead atoms. The lowest BCUT2D eigenvalue weighted by molar-refractivity contribution is -0.192. The van der Waals surface area contributed by atoms with E-state index >= 15 is 0 Å². The summed E-state index contributed by atoms with van der Waals surface area (Å²) in [5.74, 6) is -2.76. The van der Waals surface area contributed by atoms with Crippen LogP contribution in [0.5, 0.6) is 0 Å². The lowest BCUT2D eigenvalue weighted by Crippen LogP contribution is -2.42. The van der Waals surface area contributed by atoms with Crippen molar-refractivity contribution in [2.24, 2.45) is 5.73 Å². The van der Waals surface area contributed by atoms with E-state index in [9.17, 15) is 18.0 Å². The first-order valence-electron chi connectivity index (χ1n) is 9.46. The number of alkyl halides is 3. The van der Waals surface area contributed by atoms with Gasteiger partial charge in [-0.25, -0.2) is 9.59 Å². The van der Waals surface area contributed by atoms with E-state index in [4.69, 9.17) is 27.2 Å². The minimum atomic E-state index is -5.08. The van der Waals surface area contributed by atoms with Gasteiger partial charge < -0.3 is 26.4 Å². The van der Waals surface area contributed by atoms with Crippen molar-refractivity contribution in [3.05, 3.63) is 70.7 Å². The number of urea groups is 1. The summed E-state index contributed by atoms with van der Waals surface area (Å²) in [5.41, 5.74) is 8.06. The summed E-state index contributed by atoms with van der Waals surface area (Å²) in [6.45, 7) is 0.817. The molecule has 0 aliphatic carbocycles. The SMILES string of the molecule is CN(C)C(CNC(=O)NCC(N)c1ccccc1)c1ccccc1Cl.O=C(O)C(F)(F)F. The van der Waals surface area contributed by atoms with E-state index in [-0.39, 0.29) is 18.1 Å². The Kier molecular flexibility index (Phi) is 11.0. The van der Waals surface area contributed by atoms with Crippen molar-refractivity contribution in [3.8, 4) is 0 Å². The third-order valence-electron chi connectivity index (χ3n) is 4.30. The maximum atomic E-state index is 12.1. The van der Waals surface area contributed by atoms with Gasteiger partial charge in [-0.3, -0.25) is 0 Å². The molecule has 176 valence electrons. The number of nitrogens with zero attached hydrogens (tertiary/aromatic N) is 1. The first-order chi connectivity index (χ1) is 14.9. The van der Waals surface area contributed by atoms with Gasteiger partial charge in [0, 0.05) is 24.2 Å². The fourth-order valence-corrected chi connectivity index (χ4v) is 2.85. The highest BCUT2D eigenvalue weighted by molar-refractivity contribution is 6.31. The molecule has 32 heavy (non-hydrogen) atoms. The number of nitrogens with two attached hydrogens (primary N) is 1. The fraction of sp³-hybridized carbons (Fsp3) is 0.333. The van der Waals surface area contributed by atoms with Gasteiger partial charge in [0.15, 0.2) is 0 Å². The van der Waals surface area contributed by atoms with E-state index in [0.29, 0.717) is 18.1 Å². The number of carboxylic acids is 1. The summed E-state index contributed by atoms with van der Waals surface area (Å²) in [7, 11) is 3.91. The van der Waals surface area contributed by atoms with Crippen molar-refractivity contribution in [3.63, 3.8) is 0 Å². The van der Waals surface area contributed by atoms with E-state index in [1.165, 1.54) is 0 Å². The van der Waals surface area contributed by atoms with Crippen LogP contribution in [0.15, 0.2) is 54.6 Å². The molecule has 0 heterocycles. The average Bonchev–Trinajstić information content (AvgIpc) is 2.73. The number of benzene rings is 2. The quantitative estimate of drug-likeness (QED) is 0.490. The number of carbonyl (C=O) groups is 2. The number of carbonyl (C=O) groups excluding carboxylic acids is 1. The smallest absolute Gasteiger partial charge is 0.475 e. The first-order valence-corrected chi connectivity index (χ1v) is 9.84. The molecule has 2 unspecified atom stereocenters. The molecule has 0 radical (unpaired) electrons. The van der Waals surface area contributed by atoms with E-state index < -0.39 is 12.1 Å². The Balaban J connectivity index is 0.000000633. The Hall–Kier alpha value is -2.82. The third kappa shape index (κ3) is 9.54. The average molecular weight is 475 g/mol. The van der Waals surface area contributed by atoms with Crippen LogP contribution in [0.25, 0.3) is 0 Å². The van der Waals surface area contributed by atoms with Crippen LogP contribution in [0, 0.1) is 0 Å². The molecule has 0 aromatic heterocycles. The lowest BCUT2D eigenvalue weighted by Gasteiger charge is -2.26. The topological polar surface area (TPSA) is 108 Å². The van der Waals surface area contributed by atoms with Gasteiger partial charge in [-0.1, -0.05) is 60.1 Å². The predicted molar refractivity (Wildman–Crippen MR) is 116 cm³/mol. The van der Waals surface area contributed by atoms with Gasteiger partial charge in [0.1, 0.15) is 0 Å². The Bertz CT molecular complexity index is 867. The molecule has 0 aliphatic rings. The lowest BCUT2D eigenvalue weighted by atomic mass is 10.1. The second-order valence-electron chi connectivity index (χ2n) is 6.91. The van der Waals surface area contributed by atoms with Gasteiger partial charge in [0.05, 0.1) is 6.04 Å². The largest absolute Gasteiger partial charge is 0.490 e. The molecule has 7 nitrogen and oxygen atoms in total. The van der Waals surface area contributed by atoms with E-state index in [1.807, 2.05) is 73.6 Å². The number of hydrogen-bond acceptors (Lipinski definition) is 4. The van der Waals surface area contributed by atoms with E-state index in [1.54, 1.807) is 0 Å². The molecule has 11 heteroatoms. The number of amides is 2. The molecule has 0 spiro atoms. The molecule has 2 aromatic carbocycles. The van der Waals surface area contributed by atoms with Crippen molar-refractivity contribution in [1.82, 2.24) is 15.5 Å². The molecule has 0 saturated heterocycles. The van der Waals surface area contributed by atoms with Crippen LogP contribution in [0.1, 0.15) is 23.2 Å². The Morgan fingerprint density at radius 2 is 1.53 bits per heavy atom. The normalized spacial score (nSPS) is 12.9. The summed E-state index contributed by atoms with van der Waals surface area (Å²) in [4.78, 5) is 23.0. The summed E-state index contributed by atoms with van der Waals surface area (Å²) >= 11 is 6.28. The van der Waals surface area contributed by atoms with Crippen molar-refractivity contribution in [1.29, 1.82) is 0 Å². The standard InChI is InChI=1S/C19H25ClN4O.C2HF3O2/c1-24(2)18(15-10-6-7-11-16(15)20)13-23-19(25)22-12-17(21)14-8-4-3-5-9-14;3-2(4,5)1(6)7/h3-11,17-18H,12-13,21H2,1-2H3,(H2,22,23,25);(H,6,7). The molecule has 0 fully saturated rings. The Morgan fingerprint density at radius 1 is 1.03 bits per heavy atom. The van der Waals surface area contributed by atoms with Crippen LogP contribution in [0.4, 0.5) is 18.0 Å². The number of carboxylic acid groups (broad SMARTS) is 1. The monoisotopic (exact) mass is 474 g/mol. The minimum Gasteiger partial charge on any atom is -0.475 e. The Morgan fingerprint density at radius 3 is 2.03 bits per heavy atom. The van der Waals surface area contributed by atoms with E-state index in [0.717, 1.165) is 11.1 Å². The van der Waals surface area contributed by atoms with Crippen LogP contribution >= 0.6 is 11.6 Å². The number of nitrogens with one attached hydrogen (secondary N) is 2. The van der Waals surface area contributed by atoms with Crippen LogP contribution in [0.2, 0.25) is 5.02 Å². The number of halogens is 4. The van der Waals surface area contributed by atoms with Crippen molar-refractivity contribution >= 4 is 23.6 Å². The van der Waals surface area contributed by atoms with Crippen LogP contribution in [0.3, 0.4) is 0 Å². The van der Waals surface area contributed by atoms with Crippen LogP contribution in [-0.4, -0.2) is 55.4 Å². The third-order valence-corrected chi connectivity index (χ3v) is 4.64. The number of rotatable bonds is 7.